The van der Waals surface area contributed by atoms with Crippen LogP contribution < -0.4 is 11.1 Å². The normalized spacial score (nSPS) is 17.5. The number of aromatic carboxylic acids is 1. The minimum Gasteiger partial charge on any atom is -0.478 e. The number of hydrogen-bond acceptors (Lipinski definition) is 4. The molecule has 0 saturated carbocycles. The number of nitrogens with two attached hydrogens (primary N) is 1. The van der Waals surface area contributed by atoms with E-state index in [4.69, 9.17) is 10.8 Å². The van der Waals surface area contributed by atoms with E-state index in [1.165, 1.54) is 16.5 Å². The maximum Gasteiger partial charge on any atom is 0.335 e. The van der Waals surface area contributed by atoms with Gasteiger partial charge in [-0.2, -0.15) is 0 Å². The van der Waals surface area contributed by atoms with Crippen LogP contribution in [0.1, 0.15) is 39.7 Å². The molecule has 0 saturated heterocycles. The Morgan fingerprint density at radius 2 is 2.25 bits per heavy atom. The maximum absolute atomic E-state index is 10.9. The molecule has 1 aromatic carbocycles. The number of hydrogen-bond donors (Lipinski definition) is 3. The zero-order valence-electron chi connectivity index (χ0n) is 10.9. The molecular weight excluding hydrogens is 272 g/mol. The van der Waals surface area contributed by atoms with E-state index in [1.54, 1.807) is 23.5 Å². The highest BCUT2D eigenvalue weighted by molar-refractivity contribution is 7.10. The summed E-state index contributed by atoms with van der Waals surface area (Å²) in [6.07, 6.45) is 3.39. The summed E-state index contributed by atoms with van der Waals surface area (Å²) >= 11 is 1.80. The number of carbonyl (C=O) groups is 1. The van der Waals surface area contributed by atoms with E-state index in [9.17, 15) is 4.79 Å². The summed E-state index contributed by atoms with van der Waals surface area (Å²) in [5, 5.41) is 14.5. The molecular formula is C15H16N2O2S. The Kier molecular flexibility index (Phi) is 3.36. The molecule has 3 rings (SSSR count). The van der Waals surface area contributed by atoms with Crippen molar-refractivity contribution in [3.63, 3.8) is 0 Å². The molecule has 0 amide bonds. The number of rotatable bonds is 3. The predicted octanol–water partition coefficient (Wildman–Crippen LogP) is 3.52. The fourth-order valence-electron chi connectivity index (χ4n) is 2.65. The third-order valence-corrected chi connectivity index (χ3v) is 4.68. The minimum absolute atomic E-state index is 0.216. The molecule has 1 aliphatic rings. The van der Waals surface area contributed by atoms with Crippen molar-refractivity contribution in [2.75, 3.05) is 11.1 Å². The third kappa shape index (κ3) is 2.36. The van der Waals surface area contributed by atoms with Crippen molar-refractivity contribution in [2.24, 2.45) is 0 Å². The molecule has 0 fully saturated rings. The molecule has 1 atom stereocenters. The molecule has 4 N–H and O–H groups in total. The van der Waals surface area contributed by atoms with Crippen molar-refractivity contribution >= 4 is 28.7 Å². The number of thiophene rings is 1. The fourth-order valence-corrected chi connectivity index (χ4v) is 3.64. The zero-order valence-corrected chi connectivity index (χ0v) is 11.7. The van der Waals surface area contributed by atoms with Gasteiger partial charge in [0.15, 0.2) is 0 Å². The quantitative estimate of drug-likeness (QED) is 0.755. The smallest absolute Gasteiger partial charge is 0.335 e. The maximum atomic E-state index is 10.9. The lowest BCUT2D eigenvalue weighted by Crippen LogP contribution is -2.16. The van der Waals surface area contributed by atoms with Gasteiger partial charge >= 0.3 is 5.97 Å². The van der Waals surface area contributed by atoms with Gasteiger partial charge in [0, 0.05) is 4.88 Å². The van der Waals surface area contributed by atoms with Crippen LogP contribution in [0.5, 0.6) is 0 Å². The first-order valence-electron chi connectivity index (χ1n) is 6.61. The number of aryl methyl sites for hydroxylation is 1. The van der Waals surface area contributed by atoms with Gasteiger partial charge in [-0.3, -0.25) is 0 Å². The molecule has 0 aliphatic heterocycles. The Labute approximate surface area is 121 Å². The highest BCUT2D eigenvalue weighted by atomic mass is 32.1. The lowest BCUT2D eigenvalue weighted by Gasteiger charge is -2.25. The van der Waals surface area contributed by atoms with Gasteiger partial charge in [-0.1, -0.05) is 0 Å². The first-order valence-corrected chi connectivity index (χ1v) is 7.49. The number of nitrogen functional groups attached to an aromatic ring is 1. The van der Waals surface area contributed by atoms with E-state index in [0.29, 0.717) is 5.69 Å². The second-order valence-electron chi connectivity index (χ2n) is 5.00. The molecule has 5 heteroatoms. The lowest BCUT2D eigenvalue weighted by atomic mass is 9.93. The summed E-state index contributed by atoms with van der Waals surface area (Å²) in [6, 6.07) is 7.27. The second-order valence-corrected chi connectivity index (χ2v) is 6.00. The Morgan fingerprint density at radius 1 is 1.40 bits per heavy atom. The molecule has 1 heterocycles. The van der Waals surface area contributed by atoms with Gasteiger partial charge in [0.25, 0.3) is 0 Å². The average Bonchev–Trinajstić information content (AvgIpc) is 2.90. The van der Waals surface area contributed by atoms with Crippen LogP contribution in [0.15, 0.2) is 29.6 Å². The molecule has 1 aromatic heterocycles. The Balaban J connectivity index is 1.84. The molecule has 0 spiro atoms. The molecule has 0 bridgehead atoms. The number of benzene rings is 1. The molecule has 20 heavy (non-hydrogen) atoms. The fraction of sp³-hybridized carbons (Fsp3) is 0.267. The number of anilines is 2. The van der Waals surface area contributed by atoms with E-state index in [1.807, 2.05) is 0 Å². The van der Waals surface area contributed by atoms with Crippen molar-refractivity contribution in [1.82, 2.24) is 0 Å². The van der Waals surface area contributed by atoms with Crippen LogP contribution >= 0.6 is 11.3 Å². The number of fused-ring (bicyclic) bond motifs is 1. The summed E-state index contributed by atoms with van der Waals surface area (Å²) in [5.41, 5.74) is 8.80. The summed E-state index contributed by atoms with van der Waals surface area (Å²) in [7, 11) is 0. The van der Waals surface area contributed by atoms with E-state index in [-0.39, 0.29) is 11.6 Å². The number of carboxylic acids is 1. The number of nitrogens with one attached hydrogen (secondary N) is 1. The molecule has 1 unspecified atom stereocenters. The Hall–Kier alpha value is -2.01. The van der Waals surface area contributed by atoms with E-state index in [0.717, 1.165) is 24.9 Å². The number of carboxylic acid groups (broad SMARTS) is 1. The van der Waals surface area contributed by atoms with Crippen LogP contribution in [0, 0.1) is 0 Å². The zero-order chi connectivity index (χ0) is 14.1. The van der Waals surface area contributed by atoms with Gasteiger partial charge < -0.3 is 16.2 Å². The van der Waals surface area contributed by atoms with Gasteiger partial charge in [-0.05, 0) is 54.5 Å². The Bertz CT molecular complexity index is 651. The summed E-state index contributed by atoms with van der Waals surface area (Å²) in [6.45, 7) is 0. The molecule has 1 aliphatic carbocycles. The minimum atomic E-state index is -0.957. The lowest BCUT2D eigenvalue weighted by molar-refractivity contribution is 0.0697. The summed E-state index contributed by atoms with van der Waals surface area (Å²) < 4.78 is 0. The Morgan fingerprint density at radius 3 is 3.00 bits per heavy atom. The van der Waals surface area contributed by atoms with Crippen molar-refractivity contribution in [2.45, 2.75) is 25.3 Å². The van der Waals surface area contributed by atoms with E-state index >= 15 is 0 Å². The largest absolute Gasteiger partial charge is 0.478 e. The highest BCUT2D eigenvalue weighted by Crippen LogP contribution is 2.36. The van der Waals surface area contributed by atoms with Gasteiger partial charge in [0.2, 0.25) is 0 Å². The molecule has 104 valence electrons. The van der Waals surface area contributed by atoms with Gasteiger partial charge in [0.1, 0.15) is 0 Å². The van der Waals surface area contributed by atoms with Gasteiger partial charge in [0.05, 0.1) is 23.0 Å². The highest BCUT2D eigenvalue weighted by Gasteiger charge is 2.21. The van der Waals surface area contributed by atoms with E-state index < -0.39 is 5.97 Å². The first kappa shape index (κ1) is 13.0. The standard InChI is InChI=1S/C15H16N2O2S/c16-11-8-9(15(18)19)4-5-13(11)17-12-2-1-3-14-10(12)6-7-20-14/h4-8,12,17H,1-3,16H2,(H,18,19). The summed E-state index contributed by atoms with van der Waals surface area (Å²) in [5.74, 6) is -0.957. The van der Waals surface area contributed by atoms with Gasteiger partial charge in [-0.25, -0.2) is 4.79 Å². The predicted molar refractivity (Wildman–Crippen MR) is 81.4 cm³/mol. The van der Waals surface area contributed by atoms with Crippen molar-refractivity contribution < 1.29 is 9.90 Å². The van der Waals surface area contributed by atoms with Gasteiger partial charge in [-0.15, -0.1) is 11.3 Å². The summed E-state index contributed by atoms with van der Waals surface area (Å²) in [4.78, 5) is 12.3. The van der Waals surface area contributed by atoms with Crippen molar-refractivity contribution in [3.8, 4) is 0 Å². The van der Waals surface area contributed by atoms with Crippen LogP contribution in [0.4, 0.5) is 11.4 Å². The molecule has 2 aromatic rings. The molecule has 0 radical (unpaired) electrons. The van der Waals surface area contributed by atoms with Crippen molar-refractivity contribution in [3.05, 3.63) is 45.6 Å². The van der Waals surface area contributed by atoms with Crippen LogP contribution in [0.25, 0.3) is 0 Å². The second kappa shape index (κ2) is 5.17. The van der Waals surface area contributed by atoms with Crippen molar-refractivity contribution in [1.29, 1.82) is 0 Å². The van der Waals surface area contributed by atoms with Crippen LogP contribution in [0.3, 0.4) is 0 Å². The first-order chi connectivity index (χ1) is 9.65. The van der Waals surface area contributed by atoms with E-state index in [2.05, 4.69) is 16.8 Å². The monoisotopic (exact) mass is 288 g/mol. The third-order valence-electron chi connectivity index (χ3n) is 3.68. The van der Waals surface area contributed by atoms with Crippen LogP contribution in [-0.2, 0) is 6.42 Å². The molecule has 4 nitrogen and oxygen atoms in total. The average molecular weight is 288 g/mol. The van der Waals surface area contributed by atoms with Crippen LogP contribution in [0.2, 0.25) is 0 Å². The van der Waals surface area contributed by atoms with Crippen LogP contribution in [-0.4, -0.2) is 11.1 Å². The topological polar surface area (TPSA) is 75.4 Å². The SMILES string of the molecule is Nc1cc(C(=O)O)ccc1NC1CCCc2sccc21.